The van der Waals surface area contributed by atoms with Gasteiger partial charge in [0.25, 0.3) is 5.91 Å². The third-order valence-corrected chi connectivity index (χ3v) is 3.72. The number of nitrogens with zero attached hydrogens (tertiary/aromatic N) is 4. The summed E-state index contributed by atoms with van der Waals surface area (Å²) in [6, 6.07) is -0.413. The van der Waals surface area contributed by atoms with Crippen LogP contribution in [0.15, 0.2) is 8.83 Å². The first-order valence-electron chi connectivity index (χ1n) is 7.63. The van der Waals surface area contributed by atoms with Gasteiger partial charge in [-0.1, -0.05) is 13.8 Å². The summed E-state index contributed by atoms with van der Waals surface area (Å²) >= 11 is 0. The Morgan fingerprint density at radius 3 is 2.65 bits per heavy atom. The molecule has 1 amide bonds. The fourth-order valence-electron chi connectivity index (χ4n) is 2.49. The van der Waals surface area contributed by atoms with E-state index in [9.17, 15) is 4.79 Å². The third kappa shape index (κ3) is 2.98. The smallest absolute Gasteiger partial charge is 0.292 e. The van der Waals surface area contributed by atoms with Crippen molar-refractivity contribution in [2.75, 3.05) is 19.8 Å². The third-order valence-electron chi connectivity index (χ3n) is 3.72. The maximum atomic E-state index is 12.9. The highest BCUT2D eigenvalue weighted by Crippen LogP contribution is 2.27. The van der Waals surface area contributed by atoms with Crippen LogP contribution in [0.1, 0.15) is 59.7 Å². The van der Waals surface area contributed by atoms with Crippen molar-refractivity contribution >= 4 is 5.91 Å². The van der Waals surface area contributed by atoms with E-state index >= 15 is 0 Å². The molecule has 0 aliphatic carbocycles. The molecule has 2 aromatic heterocycles. The largest absolute Gasteiger partial charge is 0.435 e. The second kappa shape index (κ2) is 6.11. The molecule has 3 rings (SSSR count). The fraction of sp³-hybridized carbons (Fsp3) is 0.600. The number of amides is 1. The van der Waals surface area contributed by atoms with Crippen molar-refractivity contribution in [3.63, 3.8) is 0 Å². The molecule has 1 aliphatic rings. The second-order valence-corrected chi connectivity index (χ2v) is 5.87. The minimum Gasteiger partial charge on any atom is -0.435 e. The first-order valence-corrected chi connectivity index (χ1v) is 7.63. The number of hydrogen-bond donors (Lipinski definition) is 0. The van der Waals surface area contributed by atoms with Crippen LogP contribution in [0, 0.1) is 13.8 Å². The molecular formula is C15H20N4O4. The number of morpholine rings is 1. The van der Waals surface area contributed by atoms with Gasteiger partial charge in [-0.15, -0.1) is 10.2 Å². The lowest BCUT2D eigenvalue weighted by Crippen LogP contribution is -2.43. The molecule has 0 bridgehead atoms. The Labute approximate surface area is 133 Å². The normalized spacial score (nSPS) is 18.7. The van der Waals surface area contributed by atoms with Gasteiger partial charge in [-0.05, 0) is 6.92 Å². The second-order valence-electron chi connectivity index (χ2n) is 5.87. The average molecular weight is 320 g/mol. The summed E-state index contributed by atoms with van der Waals surface area (Å²) in [5.74, 6) is 1.54. The van der Waals surface area contributed by atoms with E-state index in [0.717, 1.165) is 0 Å². The Kier molecular flexibility index (Phi) is 4.16. The molecule has 23 heavy (non-hydrogen) atoms. The van der Waals surface area contributed by atoms with Gasteiger partial charge in [0.15, 0.2) is 5.89 Å². The van der Waals surface area contributed by atoms with E-state index < -0.39 is 6.04 Å². The maximum Gasteiger partial charge on any atom is 0.292 e. The lowest BCUT2D eigenvalue weighted by atomic mass is 10.2. The summed E-state index contributed by atoms with van der Waals surface area (Å²) in [5, 5.41) is 7.84. The Bertz CT molecular complexity index is 706. The molecule has 0 spiro atoms. The molecule has 124 valence electrons. The van der Waals surface area contributed by atoms with E-state index in [-0.39, 0.29) is 17.6 Å². The van der Waals surface area contributed by atoms with Crippen molar-refractivity contribution < 1.29 is 18.4 Å². The molecule has 3 heterocycles. The maximum absolute atomic E-state index is 12.9. The monoisotopic (exact) mass is 320 g/mol. The number of oxazole rings is 1. The van der Waals surface area contributed by atoms with Crippen molar-refractivity contribution in [1.82, 2.24) is 20.1 Å². The van der Waals surface area contributed by atoms with Crippen molar-refractivity contribution in [3.8, 4) is 0 Å². The van der Waals surface area contributed by atoms with Crippen LogP contribution in [-0.4, -0.2) is 45.7 Å². The average Bonchev–Trinajstić information content (AvgIpc) is 3.13. The van der Waals surface area contributed by atoms with E-state index in [1.807, 2.05) is 13.8 Å². The topological polar surface area (TPSA) is 94.5 Å². The summed E-state index contributed by atoms with van der Waals surface area (Å²) in [6.07, 6.45) is 0. The van der Waals surface area contributed by atoms with E-state index in [0.29, 0.717) is 43.1 Å². The molecule has 1 saturated heterocycles. The number of hydrogen-bond acceptors (Lipinski definition) is 7. The van der Waals surface area contributed by atoms with Crippen LogP contribution in [0.5, 0.6) is 0 Å². The number of rotatable bonds is 3. The van der Waals surface area contributed by atoms with E-state index in [4.69, 9.17) is 13.6 Å². The van der Waals surface area contributed by atoms with Crippen LogP contribution >= 0.6 is 0 Å². The van der Waals surface area contributed by atoms with Crippen LogP contribution in [0.3, 0.4) is 0 Å². The highest BCUT2D eigenvalue weighted by molar-refractivity contribution is 5.92. The van der Waals surface area contributed by atoms with Gasteiger partial charge >= 0.3 is 0 Å². The van der Waals surface area contributed by atoms with Crippen molar-refractivity contribution in [2.45, 2.75) is 39.7 Å². The molecule has 0 N–H and O–H groups in total. The van der Waals surface area contributed by atoms with Gasteiger partial charge in [0.05, 0.1) is 18.9 Å². The SMILES string of the molecule is Cc1nnc(C2COCCN2C(=O)c2oc(C(C)C)nc2C)o1. The molecule has 8 heteroatoms. The molecule has 8 nitrogen and oxygen atoms in total. The highest BCUT2D eigenvalue weighted by Gasteiger charge is 2.35. The lowest BCUT2D eigenvalue weighted by Gasteiger charge is -2.32. The van der Waals surface area contributed by atoms with Crippen molar-refractivity contribution in [2.24, 2.45) is 0 Å². The Balaban J connectivity index is 1.90. The zero-order chi connectivity index (χ0) is 16.6. The molecule has 1 fully saturated rings. The standard InChI is InChI=1S/C15H20N4O4/c1-8(2)13-16-9(3)12(23-13)15(20)19-5-6-21-7-11(19)14-18-17-10(4)22-14/h8,11H,5-7H2,1-4H3. The summed E-state index contributed by atoms with van der Waals surface area (Å²) in [5.41, 5.74) is 0.589. The first-order chi connectivity index (χ1) is 11.0. The quantitative estimate of drug-likeness (QED) is 0.853. The number of carbonyl (C=O) groups excluding carboxylic acids is 1. The minimum absolute atomic E-state index is 0.120. The zero-order valence-corrected chi connectivity index (χ0v) is 13.7. The van der Waals surface area contributed by atoms with Gasteiger partial charge in [-0.3, -0.25) is 4.79 Å². The molecule has 0 aromatic carbocycles. The predicted octanol–water partition coefficient (Wildman–Crippen LogP) is 2.01. The van der Waals surface area contributed by atoms with Gasteiger partial charge in [-0.25, -0.2) is 4.98 Å². The van der Waals surface area contributed by atoms with Crippen LogP contribution < -0.4 is 0 Å². The Morgan fingerprint density at radius 1 is 1.26 bits per heavy atom. The molecule has 2 aromatic rings. The molecular weight excluding hydrogens is 300 g/mol. The van der Waals surface area contributed by atoms with Gasteiger partial charge in [0.1, 0.15) is 6.04 Å². The zero-order valence-electron chi connectivity index (χ0n) is 13.7. The van der Waals surface area contributed by atoms with Gasteiger partial charge < -0.3 is 18.5 Å². The van der Waals surface area contributed by atoms with E-state index in [1.54, 1.807) is 18.7 Å². The Morgan fingerprint density at radius 2 is 2.04 bits per heavy atom. The number of aromatic nitrogens is 3. The molecule has 1 unspecified atom stereocenters. The van der Waals surface area contributed by atoms with Crippen LogP contribution in [0.25, 0.3) is 0 Å². The van der Waals surface area contributed by atoms with E-state index in [2.05, 4.69) is 15.2 Å². The van der Waals surface area contributed by atoms with Crippen molar-refractivity contribution in [1.29, 1.82) is 0 Å². The highest BCUT2D eigenvalue weighted by atomic mass is 16.5. The first kappa shape index (κ1) is 15.7. The van der Waals surface area contributed by atoms with Gasteiger partial charge in [0.2, 0.25) is 17.5 Å². The minimum atomic E-state index is -0.413. The molecule has 1 atom stereocenters. The number of aryl methyl sites for hydroxylation is 2. The molecule has 0 radical (unpaired) electrons. The Hall–Kier alpha value is -2.22. The summed E-state index contributed by atoms with van der Waals surface area (Å²) < 4.78 is 16.6. The lowest BCUT2D eigenvalue weighted by molar-refractivity contribution is -0.0122. The summed E-state index contributed by atoms with van der Waals surface area (Å²) in [6.45, 7) is 8.63. The number of carbonyl (C=O) groups is 1. The van der Waals surface area contributed by atoms with Crippen molar-refractivity contribution in [3.05, 3.63) is 29.1 Å². The molecule has 0 saturated carbocycles. The summed E-state index contributed by atoms with van der Waals surface area (Å²) in [7, 11) is 0. The predicted molar refractivity (Wildman–Crippen MR) is 79.0 cm³/mol. The van der Waals surface area contributed by atoms with Crippen LogP contribution in [-0.2, 0) is 4.74 Å². The van der Waals surface area contributed by atoms with Gasteiger partial charge in [-0.2, -0.15) is 0 Å². The molecule has 1 aliphatic heterocycles. The van der Waals surface area contributed by atoms with Gasteiger partial charge in [0, 0.05) is 19.4 Å². The fourth-order valence-corrected chi connectivity index (χ4v) is 2.49. The summed E-state index contributed by atoms with van der Waals surface area (Å²) in [4.78, 5) is 18.9. The van der Waals surface area contributed by atoms with Crippen LogP contribution in [0.4, 0.5) is 0 Å². The van der Waals surface area contributed by atoms with E-state index in [1.165, 1.54) is 0 Å². The number of ether oxygens (including phenoxy) is 1. The van der Waals surface area contributed by atoms with Crippen LogP contribution in [0.2, 0.25) is 0 Å².